The molecule has 0 radical (unpaired) electrons. The van der Waals surface area contributed by atoms with Crippen molar-refractivity contribution in [2.75, 3.05) is 20.3 Å². The first-order chi connectivity index (χ1) is 10.7. The Morgan fingerprint density at radius 3 is 2.32 bits per heavy atom. The summed E-state index contributed by atoms with van der Waals surface area (Å²) >= 11 is 0. The van der Waals surface area contributed by atoms with Crippen molar-refractivity contribution < 1.29 is 9.53 Å². The minimum absolute atomic E-state index is 0.129. The molecule has 2 aromatic carbocycles. The molecule has 2 aromatic rings. The van der Waals surface area contributed by atoms with Crippen LogP contribution in [0.2, 0.25) is 0 Å². The molecule has 0 saturated heterocycles. The zero-order valence-electron chi connectivity index (χ0n) is 13.3. The summed E-state index contributed by atoms with van der Waals surface area (Å²) in [5, 5.41) is 0. The molecule has 0 aliphatic carbocycles. The molecule has 3 nitrogen and oxygen atoms in total. The molecule has 0 unspecified atom stereocenters. The highest BCUT2D eigenvalue weighted by Crippen LogP contribution is 2.09. The fraction of sp³-hybridized carbons (Fsp3) is 0.316. The number of benzene rings is 2. The maximum atomic E-state index is 12.6. The van der Waals surface area contributed by atoms with Gasteiger partial charge in [0.05, 0.1) is 13.0 Å². The lowest BCUT2D eigenvalue weighted by atomic mass is 10.1. The molecule has 3 heteroatoms. The lowest BCUT2D eigenvalue weighted by Crippen LogP contribution is -2.34. The third-order valence-electron chi connectivity index (χ3n) is 3.61. The molecule has 0 heterocycles. The third kappa shape index (κ3) is 5.01. The Labute approximate surface area is 132 Å². The number of amides is 1. The number of methoxy groups -OCH3 is 1. The van der Waals surface area contributed by atoms with Crippen molar-refractivity contribution in [2.45, 2.75) is 19.9 Å². The average Bonchev–Trinajstić information content (AvgIpc) is 2.54. The number of ether oxygens (including phenoxy) is 1. The molecule has 1 amide bonds. The number of hydrogen-bond donors (Lipinski definition) is 0. The van der Waals surface area contributed by atoms with Gasteiger partial charge in [-0.05, 0) is 18.1 Å². The van der Waals surface area contributed by atoms with E-state index in [-0.39, 0.29) is 5.91 Å². The minimum atomic E-state index is 0.129. The van der Waals surface area contributed by atoms with Crippen LogP contribution in [-0.2, 0) is 22.5 Å². The summed E-state index contributed by atoms with van der Waals surface area (Å²) in [6.45, 7) is 3.82. The number of rotatable bonds is 7. The van der Waals surface area contributed by atoms with Gasteiger partial charge in [-0.1, -0.05) is 60.2 Å². The van der Waals surface area contributed by atoms with Crippen LogP contribution in [0, 0.1) is 6.92 Å². The van der Waals surface area contributed by atoms with Crippen LogP contribution in [0.15, 0.2) is 54.6 Å². The van der Waals surface area contributed by atoms with Gasteiger partial charge in [0.2, 0.25) is 5.91 Å². The quantitative estimate of drug-likeness (QED) is 0.785. The first-order valence-electron chi connectivity index (χ1n) is 7.55. The van der Waals surface area contributed by atoms with Crippen molar-refractivity contribution >= 4 is 5.91 Å². The Morgan fingerprint density at radius 2 is 1.68 bits per heavy atom. The van der Waals surface area contributed by atoms with Crippen LogP contribution in [0.4, 0.5) is 0 Å². The summed E-state index contributed by atoms with van der Waals surface area (Å²) in [4.78, 5) is 14.4. The summed E-state index contributed by atoms with van der Waals surface area (Å²) in [7, 11) is 1.66. The van der Waals surface area contributed by atoms with Crippen molar-refractivity contribution in [3.8, 4) is 0 Å². The predicted molar refractivity (Wildman–Crippen MR) is 88.6 cm³/mol. The molecule has 0 aromatic heterocycles. The Hall–Kier alpha value is -2.13. The molecule has 0 bridgehead atoms. The normalized spacial score (nSPS) is 10.5. The predicted octanol–water partition coefficient (Wildman–Crippen LogP) is 3.21. The van der Waals surface area contributed by atoms with Gasteiger partial charge in [0, 0.05) is 20.2 Å². The molecule has 0 atom stereocenters. The maximum absolute atomic E-state index is 12.6. The Kier molecular flexibility index (Phi) is 6.16. The van der Waals surface area contributed by atoms with E-state index >= 15 is 0 Å². The lowest BCUT2D eigenvalue weighted by Gasteiger charge is -2.22. The molecule has 116 valence electrons. The van der Waals surface area contributed by atoms with Crippen LogP contribution < -0.4 is 0 Å². The van der Waals surface area contributed by atoms with E-state index in [2.05, 4.69) is 0 Å². The van der Waals surface area contributed by atoms with Gasteiger partial charge in [-0.25, -0.2) is 0 Å². The molecule has 0 fully saturated rings. The topological polar surface area (TPSA) is 29.5 Å². The molecular formula is C19H23NO2. The summed E-state index contributed by atoms with van der Waals surface area (Å²) in [6, 6.07) is 18.2. The third-order valence-corrected chi connectivity index (χ3v) is 3.61. The fourth-order valence-electron chi connectivity index (χ4n) is 2.29. The highest BCUT2D eigenvalue weighted by Gasteiger charge is 2.14. The number of carbonyl (C=O) groups is 1. The van der Waals surface area contributed by atoms with Crippen LogP contribution in [-0.4, -0.2) is 31.1 Å². The zero-order valence-corrected chi connectivity index (χ0v) is 13.3. The molecule has 0 spiro atoms. The second-order valence-electron chi connectivity index (χ2n) is 5.46. The number of aryl methyl sites for hydroxylation is 1. The van der Waals surface area contributed by atoms with E-state index in [0.29, 0.717) is 26.1 Å². The average molecular weight is 297 g/mol. The van der Waals surface area contributed by atoms with Crippen molar-refractivity contribution in [1.29, 1.82) is 0 Å². The number of nitrogens with zero attached hydrogens (tertiary/aromatic N) is 1. The maximum Gasteiger partial charge on any atom is 0.227 e. The molecule has 0 saturated carbocycles. The van der Waals surface area contributed by atoms with Crippen LogP contribution >= 0.6 is 0 Å². The molecule has 2 rings (SSSR count). The first-order valence-corrected chi connectivity index (χ1v) is 7.55. The van der Waals surface area contributed by atoms with Crippen LogP contribution in [0.25, 0.3) is 0 Å². The van der Waals surface area contributed by atoms with Gasteiger partial charge in [0.1, 0.15) is 0 Å². The van der Waals surface area contributed by atoms with Gasteiger partial charge < -0.3 is 9.64 Å². The summed E-state index contributed by atoms with van der Waals surface area (Å²) < 4.78 is 5.13. The summed E-state index contributed by atoms with van der Waals surface area (Å²) in [5.74, 6) is 0.129. The van der Waals surface area contributed by atoms with Crippen molar-refractivity contribution in [1.82, 2.24) is 4.90 Å². The van der Waals surface area contributed by atoms with E-state index < -0.39 is 0 Å². The monoisotopic (exact) mass is 297 g/mol. The van der Waals surface area contributed by atoms with Crippen molar-refractivity contribution in [2.24, 2.45) is 0 Å². The molecule has 0 aliphatic heterocycles. The van der Waals surface area contributed by atoms with Crippen LogP contribution in [0.3, 0.4) is 0 Å². The van der Waals surface area contributed by atoms with Crippen LogP contribution in [0.1, 0.15) is 16.7 Å². The Morgan fingerprint density at radius 1 is 1.00 bits per heavy atom. The van der Waals surface area contributed by atoms with E-state index in [9.17, 15) is 4.79 Å². The number of carbonyl (C=O) groups excluding carboxylic acids is 1. The Balaban J connectivity index is 2.03. The van der Waals surface area contributed by atoms with Gasteiger partial charge in [0.15, 0.2) is 0 Å². The molecule has 22 heavy (non-hydrogen) atoms. The second kappa shape index (κ2) is 8.35. The van der Waals surface area contributed by atoms with Gasteiger partial charge in [0.25, 0.3) is 0 Å². The SMILES string of the molecule is COCCN(Cc1ccccc1)C(=O)Cc1ccc(C)cc1. The summed E-state index contributed by atoms with van der Waals surface area (Å²) in [5.41, 5.74) is 3.39. The number of hydrogen-bond acceptors (Lipinski definition) is 2. The molecule has 0 N–H and O–H groups in total. The highest BCUT2D eigenvalue weighted by atomic mass is 16.5. The molecule has 0 aliphatic rings. The van der Waals surface area contributed by atoms with E-state index in [4.69, 9.17) is 4.74 Å². The van der Waals surface area contributed by atoms with Gasteiger partial charge in [-0.15, -0.1) is 0 Å². The van der Waals surface area contributed by atoms with E-state index in [0.717, 1.165) is 11.1 Å². The van der Waals surface area contributed by atoms with Gasteiger partial charge in [-0.3, -0.25) is 4.79 Å². The highest BCUT2D eigenvalue weighted by molar-refractivity contribution is 5.78. The first kappa shape index (κ1) is 16.2. The van der Waals surface area contributed by atoms with E-state index in [1.54, 1.807) is 7.11 Å². The summed E-state index contributed by atoms with van der Waals surface area (Å²) in [6.07, 6.45) is 0.427. The largest absolute Gasteiger partial charge is 0.383 e. The van der Waals surface area contributed by atoms with Crippen molar-refractivity contribution in [3.05, 3.63) is 71.3 Å². The standard InChI is InChI=1S/C19H23NO2/c1-16-8-10-17(11-9-16)14-19(21)20(12-13-22-2)15-18-6-4-3-5-7-18/h3-11H,12-15H2,1-2H3. The van der Waals surface area contributed by atoms with Gasteiger partial charge >= 0.3 is 0 Å². The second-order valence-corrected chi connectivity index (χ2v) is 5.46. The molecular weight excluding hydrogens is 274 g/mol. The zero-order chi connectivity index (χ0) is 15.8. The van der Waals surface area contributed by atoms with Crippen molar-refractivity contribution in [3.63, 3.8) is 0 Å². The lowest BCUT2D eigenvalue weighted by molar-refractivity contribution is -0.131. The fourth-order valence-corrected chi connectivity index (χ4v) is 2.29. The van der Waals surface area contributed by atoms with E-state index in [1.807, 2.05) is 66.4 Å². The van der Waals surface area contributed by atoms with Gasteiger partial charge in [-0.2, -0.15) is 0 Å². The smallest absolute Gasteiger partial charge is 0.227 e. The minimum Gasteiger partial charge on any atom is -0.383 e. The van der Waals surface area contributed by atoms with E-state index in [1.165, 1.54) is 5.56 Å². The van der Waals surface area contributed by atoms with Crippen LogP contribution in [0.5, 0.6) is 0 Å². The Bertz CT molecular complexity index is 578.